The van der Waals surface area contributed by atoms with Crippen LogP contribution in [-0.4, -0.2) is 5.11 Å². The zero-order valence-corrected chi connectivity index (χ0v) is 8.36. The van der Waals surface area contributed by atoms with Crippen molar-refractivity contribution in [2.45, 2.75) is 12.5 Å². The van der Waals surface area contributed by atoms with Crippen molar-refractivity contribution >= 4 is 0 Å². The summed E-state index contributed by atoms with van der Waals surface area (Å²) in [5.41, 5.74) is 0.692. The number of rotatable bonds is 3. The minimum absolute atomic E-state index is 0.0170. The van der Waals surface area contributed by atoms with Gasteiger partial charge in [-0.25, -0.2) is 8.78 Å². The zero-order chi connectivity index (χ0) is 11.5. The van der Waals surface area contributed by atoms with Crippen LogP contribution in [0.5, 0.6) is 0 Å². The van der Waals surface area contributed by atoms with Crippen LogP contribution in [0.25, 0.3) is 0 Å². The molecule has 1 aromatic heterocycles. The highest BCUT2D eigenvalue weighted by atomic mass is 19.1. The lowest BCUT2D eigenvalue weighted by Crippen LogP contribution is -2.02. The Balaban J connectivity index is 2.17. The second kappa shape index (κ2) is 4.45. The Morgan fingerprint density at radius 1 is 1.25 bits per heavy atom. The summed E-state index contributed by atoms with van der Waals surface area (Å²) < 4.78 is 30.9. The molecule has 2 aromatic rings. The van der Waals surface area contributed by atoms with E-state index in [9.17, 15) is 13.9 Å². The molecule has 0 saturated carbocycles. The van der Waals surface area contributed by atoms with Gasteiger partial charge in [0.2, 0.25) is 0 Å². The van der Waals surface area contributed by atoms with E-state index in [4.69, 9.17) is 4.42 Å². The van der Waals surface area contributed by atoms with E-state index in [2.05, 4.69) is 0 Å². The summed E-state index contributed by atoms with van der Waals surface area (Å²) in [5.74, 6) is -1.04. The summed E-state index contributed by atoms with van der Waals surface area (Å²) in [7, 11) is 0. The van der Waals surface area contributed by atoms with Crippen LogP contribution in [0.3, 0.4) is 0 Å². The van der Waals surface area contributed by atoms with Crippen molar-refractivity contribution in [3.05, 3.63) is 59.6 Å². The monoisotopic (exact) mass is 224 g/mol. The van der Waals surface area contributed by atoms with E-state index in [1.807, 2.05) is 0 Å². The number of hydrogen-bond donors (Lipinski definition) is 1. The molecule has 1 atom stereocenters. The van der Waals surface area contributed by atoms with Crippen molar-refractivity contribution in [2.24, 2.45) is 0 Å². The van der Waals surface area contributed by atoms with E-state index < -0.39 is 17.7 Å². The second-order valence-electron chi connectivity index (χ2n) is 3.51. The second-order valence-corrected chi connectivity index (χ2v) is 3.51. The van der Waals surface area contributed by atoms with Crippen LogP contribution in [0.4, 0.5) is 8.78 Å². The number of benzene rings is 1. The minimum Gasteiger partial charge on any atom is -0.472 e. The van der Waals surface area contributed by atoms with Crippen molar-refractivity contribution in [1.29, 1.82) is 0 Å². The molecule has 2 nitrogen and oxygen atoms in total. The average Bonchev–Trinajstić information content (AvgIpc) is 2.76. The molecular formula is C12H10F2O2. The quantitative estimate of drug-likeness (QED) is 0.869. The van der Waals surface area contributed by atoms with Crippen LogP contribution in [0, 0.1) is 11.6 Å². The number of aliphatic hydroxyl groups is 1. The molecule has 0 radical (unpaired) electrons. The summed E-state index contributed by atoms with van der Waals surface area (Å²) >= 11 is 0. The highest BCUT2D eigenvalue weighted by molar-refractivity contribution is 5.22. The van der Waals surface area contributed by atoms with Gasteiger partial charge >= 0.3 is 0 Å². The zero-order valence-electron chi connectivity index (χ0n) is 8.36. The number of halogens is 2. The lowest BCUT2D eigenvalue weighted by molar-refractivity contribution is 0.176. The van der Waals surface area contributed by atoms with Crippen molar-refractivity contribution in [1.82, 2.24) is 0 Å². The van der Waals surface area contributed by atoms with Gasteiger partial charge in [-0.2, -0.15) is 0 Å². The van der Waals surface area contributed by atoms with E-state index >= 15 is 0 Å². The van der Waals surface area contributed by atoms with Gasteiger partial charge in [0, 0.05) is 12.0 Å². The van der Waals surface area contributed by atoms with Crippen molar-refractivity contribution in [3.8, 4) is 0 Å². The van der Waals surface area contributed by atoms with Crippen LogP contribution in [-0.2, 0) is 6.42 Å². The Labute approximate surface area is 91.1 Å². The summed E-state index contributed by atoms with van der Waals surface area (Å²) in [6.07, 6.45) is 1.92. The van der Waals surface area contributed by atoms with E-state index in [0.717, 1.165) is 18.2 Å². The van der Waals surface area contributed by atoms with Gasteiger partial charge in [0.05, 0.1) is 18.6 Å². The van der Waals surface area contributed by atoms with Crippen LogP contribution in [0.15, 0.2) is 41.2 Å². The van der Waals surface area contributed by atoms with Gasteiger partial charge in [-0.1, -0.05) is 0 Å². The molecule has 0 aliphatic rings. The molecule has 0 aliphatic heterocycles. The first kappa shape index (κ1) is 10.8. The smallest absolute Gasteiger partial charge is 0.126 e. The Kier molecular flexibility index (Phi) is 3.01. The Morgan fingerprint density at radius 3 is 2.75 bits per heavy atom. The number of hydrogen-bond acceptors (Lipinski definition) is 2. The first-order chi connectivity index (χ1) is 7.66. The largest absolute Gasteiger partial charge is 0.472 e. The summed E-state index contributed by atoms with van der Waals surface area (Å²) in [5, 5.41) is 9.73. The molecule has 1 aromatic carbocycles. The van der Waals surface area contributed by atoms with Crippen LogP contribution >= 0.6 is 0 Å². The van der Waals surface area contributed by atoms with Gasteiger partial charge in [0.15, 0.2) is 0 Å². The van der Waals surface area contributed by atoms with Crippen LogP contribution in [0.1, 0.15) is 17.2 Å². The molecule has 1 unspecified atom stereocenters. The fourth-order valence-electron chi connectivity index (χ4n) is 1.49. The molecule has 84 valence electrons. The molecule has 0 aliphatic carbocycles. The topological polar surface area (TPSA) is 33.4 Å². The fourth-order valence-corrected chi connectivity index (χ4v) is 1.49. The Hall–Kier alpha value is -1.68. The molecule has 2 rings (SSSR count). The summed E-state index contributed by atoms with van der Waals surface area (Å²) in [4.78, 5) is 0. The predicted molar refractivity (Wildman–Crippen MR) is 53.7 cm³/mol. The Bertz CT molecular complexity index is 466. The maximum absolute atomic E-state index is 13.3. The van der Waals surface area contributed by atoms with Gasteiger partial charge in [0.1, 0.15) is 11.6 Å². The highest BCUT2D eigenvalue weighted by Crippen LogP contribution is 2.20. The summed E-state index contributed by atoms with van der Waals surface area (Å²) in [6, 6.07) is 4.76. The third-order valence-electron chi connectivity index (χ3n) is 2.35. The SMILES string of the molecule is OC(Cc1cc(F)ccc1F)c1ccoc1. The third-order valence-corrected chi connectivity index (χ3v) is 2.35. The van der Waals surface area contributed by atoms with Crippen molar-refractivity contribution in [3.63, 3.8) is 0 Å². The molecule has 0 saturated heterocycles. The van der Waals surface area contributed by atoms with Crippen molar-refractivity contribution in [2.75, 3.05) is 0 Å². The lowest BCUT2D eigenvalue weighted by Gasteiger charge is -2.09. The molecule has 0 spiro atoms. The predicted octanol–water partition coefficient (Wildman–Crippen LogP) is 2.83. The van der Waals surface area contributed by atoms with Gasteiger partial charge in [-0.3, -0.25) is 0 Å². The molecule has 0 amide bonds. The molecular weight excluding hydrogens is 214 g/mol. The highest BCUT2D eigenvalue weighted by Gasteiger charge is 2.13. The normalized spacial score (nSPS) is 12.7. The lowest BCUT2D eigenvalue weighted by atomic mass is 10.0. The van der Waals surface area contributed by atoms with Crippen molar-refractivity contribution < 1.29 is 18.3 Å². The fraction of sp³-hybridized carbons (Fsp3) is 0.167. The molecule has 1 heterocycles. The van der Waals surface area contributed by atoms with Gasteiger partial charge < -0.3 is 9.52 Å². The Morgan fingerprint density at radius 2 is 2.06 bits per heavy atom. The first-order valence-corrected chi connectivity index (χ1v) is 4.81. The van der Waals surface area contributed by atoms with Gasteiger partial charge in [-0.05, 0) is 29.8 Å². The van der Waals surface area contributed by atoms with Crippen LogP contribution in [0.2, 0.25) is 0 Å². The van der Waals surface area contributed by atoms with E-state index in [1.54, 1.807) is 6.07 Å². The maximum Gasteiger partial charge on any atom is 0.126 e. The average molecular weight is 224 g/mol. The van der Waals surface area contributed by atoms with E-state index in [1.165, 1.54) is 12.5 Å². The van der Waals surface area contributed by atoms with Gasteiger partial charge in [-0.15, -0.1) is 0 Å². The number of furan rings is 1. The standard InChI is InChI=1S/C12H10F2O2/c13-10-1-2-11(14)9(5-10)6-12(15)8-3-4-16-7-8/h1-5,7,12,15H,6H2. The van der Waals surface area contributed by atoms with E-state index in [-0.39, 0.29) is 12.0 Å². The maximum atomic E-state index is 13.3. The molecule has 4 heteroatoms. The first-order valence-electron chi connectivity index (χ1n) is 4.81. The third kappa shape index (κ3) is 2.28. The molecule has 0 fully saturated rings. The van der Waals surface area contributed by atoms with E-state index in [0.29, 0.717) is 5.56 Å². The molecule has 0 bridgehead atoms. The summed E-state index contributed by atoms with van der Waals surface area (Å²) in [6.45, 7) is 0. The van der Waals surface area contributed by atoms with Gasteiger partial charge in [0.25, 0.3) is 0 Å². The minimum atomic E-state index is -0.893. The molecule has 16 heavy (non-hydrogen) atoms. The molecule has 1 N–H and O–H groups in total. The van der Waals surface area contributed by atoms with Crippen LogP contribution < -0.4 is 0 Å². The number of aliphatic hydroxyl groups excluding tert-OH is 1.